The van der Waals surface area contributed by atoms with E-state index in [-0.39, 0.29) is 24.0 Å². The van der Waals surface area contributed by atoms with Gasteiger partial charge in [0.25, 0.3) is 11.5 Å². The van der Waals surface area contributed by atoms with Crippen LogP contribution in [0.15, 0.2) is 35.1 Å². The van der Waals surface area contributed by atoms with Crippen molar-refractivity contribution in [2.45, 2.75) is 34.1 Å². The number of benzene rings is 1. The van der Waals surface area contributed by atoms with E-state index in [1.54, 1.807) is 44.2 Å². The first kappa shape index (κ1) is 21.1. The van der Waals surface area contributed by atoms with Gasteiger partial charge in [-0.3, -0.25) is 14.6 Å². The molecule has 9 nitrogen and oxygen atoms in total. The molecule has 0 saturated carbocycles. The first-order valence-electron chi connectivity index (χ1n) is 9.73. The predicted molar refractivity (Wildman–Crippen MR) is 113 cm³/mol. The third-order valence-corrected chi connectivity index (χ3v) is 4.37. The maximum atomic E-state index is 12.4. The van der Waals surface area contributed by atoms with Crippen LogP contribution in [0.1, 0.15) is 30.8 Å². The predicted octanol–water partition coefficient (Wildman–Crippen LogP) is 2.55. The van der Waals surface area contributed by atoms with E-state index in [0.29, 0.717) is 41.5 Å². The lowest BCUT2D eigenvalue weighted by atomic mass is 10.2. The van der Waals surface area contributed by atoms with Crippen LogP contribution in [0.3, 0.4) is 0 Å². The number of hydrogen-bond acceptors (Lipinski definition) is 6. The van der Waals surface area contributed by atoms with Gasteiger partial charge in [0.1, 0.15) is 17.3 Å². The Morgan fingerprint density at radius 1 is 1.13 bits per heavy atom. The quantitative estimate of drug-likeness (QED) is 0.589. The van der Waals surface area contributed by atoms with Crippen LogP contribution >= 0.6 is 0 Å². The fraction of sp³-hybridized carbons (Fsp3) is 0.333. The lowest BCUT2D eigenvalue weighted by Crippen LogP contribution is -2.24. The molecule has 0 aliphatic rings. The number of aromatic amines is 1. The number of aromatic nitrogens is 4. The van der Waals surface area contributed by atoms with Gasteiger partial charge in [0, 0.05) is 17.3 Å². The molecule has 3 aromatic rings. The Labute approximate surface area is 174 Å². The maximum absolute atomic E-state index is 12.4. The summed E-state index contributed by atoms with van der Waals surface area (Å²) in [6, 6.07) is 8.72. The van der Waals surface area contributed by atoms with Crippen molar-refractivity contribution < 1.29 is 14.3 Å². The summed E-state index contributed by atoms with van der Waals surface area (Å²) in [4.78, 5) is 31.8. The van der Waals surface area contributed by atoms with Gasteiger partial charge in [-0.15, -0.1) is 0 Å². The molecule has 3 rings (SSSR count). The van der Waals surface area contributed by atoms with Gasteiger partial charge in [0.15, 0.2) is 6.61 Å². The fourth-order valence-electron chi connectivity index (χ4n) is 2.99. The number of aryl methyl sites for hydroxylation is 2. The minimum atomic E-state index is -0.366. The van der Waals surface area contributed by atoms with E-state index in [2.05, 4.69) is 20.4 Å². The zero-order valence-electron chi connectivity index (χ0n) is 17.5. The van der Waals surface area contributed by atoms with E-state index in [1.165, 1.54) is 4.68 Å². The van der Waals surface area contributed by atoms with Crippen molar-refractivity contribution in [3.8, 4) is 17.4 Å². The Kier molecular flexibility index (Phi) is 6.51. The topological polar surface area (TPSA) is 111 Å². The van der Waals surface area contributed by atoms with Crippen LogP contribution in [0.4, 0.5) is 5.82 Å². The summed E-state index contributed by atoms with van der Waals surface area (Å²) in [6.45, 7) is 7.76. The lowest BCUT2D eigenvalue weighted by molar-refractivity contribution is -0.118. The van der Waals surface area contributed by atoms with Crippen molar-refractivity contribution >= 4 is 11.7 Å². The standard InChI is InChI=1S/C21H25N5O4/c1-5-17-14(4)22-21(24-20(17)28)26-18(11-13(3)25-26)23-19(27)12-30-16-9-7-15(8-10-16)29-6-2/h7-11H,5-6,12H2,1-4H3,(H,23,27)(H,22,24,28). The SMILES string of the molecule is CCOc1ccc(OCC(=O)Nc2cc(C)nn2-c2nc(C)c(CC)c(=O)[nH]2)cc1. The highest BCUT2D eigenvalue weighted by molar-refractivity contribution is 5.91. The monoisotopic (exact) mass is 411 g/mol. The molecule has 0 aliphatic heterocycles. The second kappa shape index (κ2) is 9.25. The normalized spacial score (nSPS) is 10.7. The summed E-state index contributed by atoms with van der Waals surface area (Å²) in [5.74, 6) is 1.55. The summed E-state index contributed by atoms with van der Waals surface area (Å²) in [7, 11) is 0. The number of anilines is 1. The van der Waals surface area contributed by atoms with Gasteiger partial charge in [0.05, 0.1) is 12.3 Å². The molecule has 158 valence electrons. The Bertz CT molecular complexity index is 1090. The molecule has 0 aliphatic carbocycles. The van der Waals surface area contributed by atoms with Gasteiger partial charge >= 0.3 is 0 Å². The van der Waals surface area contributed by atoms with Gasteiger partial charge < -0.3 is 14.8 Å². The third kappa shape index (κ3) is 4.86. The van der Waals surface area contributed by atoms with Crippen LogP contribution in [0.25, 0.3) is 5.95 Å². The van der Waals surface area contributed by atoms with E-state index >= 15 is 0 Å². The second-order valence-corrected chi connectivity index (χ2v) is 6.63. The number of H-pyrrole nitrogens is 1. The maximum Gasteiger partial charge on any atom is 0.263 e. The van der Waals surface area contributed by atoms with Crippen LogP contribution in [0, 0.1) is 13.8 Å². The van der Waals surface area contributed by atoms with Gasteiger partial charge in [-0.05, 0) is 51.5 Å². The number of ether oxygens (including phenoxy) is 2. The van der Waals surface area contributed by atoms with E-state index in [9.17, 15) is 9.59 Å². The highest BCUT2D eigenvalue weighted by atomic mass is 16.5. The average Bonchev–Trinajstić information content (AvgIpc) is 3.07. The van der Waals surface area contributed by atoms with Gasteiger partial charge in [-0.1, -0.05) is 6.92 Å². The molecule has 0 saturated heterocycles. The van der Waals surface area contributed by atoms with Gasteiger partial charge in [-0.2, -0.15) is 9.78 Å². The van der Waals surface area contributed by atoms with Crippen molar-refractivity contribution in [1.82, 2.24) is 19.7 Å². The molecular weight excluding hydrogens is 386 g/mol. The lowest BCUT2D eigenvalue weighted by Gasteiger charge is -2.11. The van der Waals surface area contributed by atoms with E-state index in [4.69, 9.17) is 9.47 Å². The molecule has 0 atom stereocenters. The summed E-state index contributed by atoms with van der Waals surface area (Å²) in [5, 5.41) is 7.08. The Morgan fingerprint density at radius 3 is 2.40 bits per heavy atom. The Balaban J connectivity index is 1.71. The first-order chi connectivity index (χ1) is 14.4. The first-order valence-corrected chi connectivity index (χ1v) is 9.73. The van der Waals surface area contributed by atoms with Crippen molar-refractivity contribution in [3.63, 3.8) is 0 Å². The second-order valence-electron chi connectivity index (χ2n) is 6.63. The van der Waals surface area contributed by atoms with Crippen molar-refractivity contribution in [2.75, 3.05) is 18.5 Å². The van der Waals surface area contributed by atoms with Crippen LogP contribution in [0.5, 0.6) is 11.5 Å². The number of rotatable bonds is 8. The van der Waals surface area contributed by atoms with Crippen molar-refractivity contribution in [1.29, 1.82) is 0 Å². The van der Waals surface area contributed by atoms with Crippen LogP contribution < -0.4 is 20.3 Å². The highest BCUT2D eigenvalue weighted by Gasteiger charge is 2.15. The van der Waals surface area contributed by atoms with Crippen LogP contribution in [-0.4, -0.2) is 38.9 Å². The molecule has 0 bridgehead atoms. The summed E-state index contributed by atoms with van der Waals surface area (Å²) in [6.07, 6.45) is 0.582. The van der Waals surface area contributed by atoms with Crippen molar-refractivity contribution in [2.24, 2.45) is 0 Å². The molecule has 2 aromatic heterocycles. The molecule has 30 heavy (non-hydrogen) atoms. The third-order valence-electron chi connectivity index (χ3n) is 4.37. The smallest absolute Gasteiger partial charge is 0.263 e. The molecule has 1 amide bonds. The van der Waals surface area contributed by atoms with Crippen LogP contribution in [-0.2, 0) is 11.2 Å². The number of carbonyl (C=O) groups excluding carboxylic acids is 1. The molecular formula is C21H25N5O4. The highest BCUT2D eigenvalue weighted by Crippen LogP contribution is 2.18. The number of nitrogens with zero attached hydrogens (tertiary/aromatic N) is 3. The molecule has 2 heterocycles. The summed E-state index contributed by atoms with van der Waals surface area (Å²) in [5.41, 5.74) is 1.69. The van der Waals surface area contributed by atoms with E-state index in [0.717, 1.165) is 5.75 Å². The van der Waals surface area contributed by atoms with E-state index in [1.807, 2.05) is 13.8 Å². The summed E-state index contributed by atoms with van der Waals surface area (Å²) < 4.78 is 12.3. The largest absolute Gasteiger partial charge is 0.494 e. The molecule has 2 N–H and O–H groups in total. The minimum Gasteiger partial charge on any atom is -0.494 e. The van der Waals surface area contributed by atoms with Gasteiger partial charge in [-0.25, -0.2) is 4.98 Å². The molecule has 9 heteroatoms. The van der Waals surface area contributed by atoms with Crippen LogP contribution in [0.2, 0.25) is 0 Å². The molecule has 1 aromatic carbocycles. The molecule has 0 spiro atoms. The van der Waals surface area contributed by atoms with E-state index < -0.39 is 0 Å². The Morgan fingerprint density at radius 2 is 1.80 bits per heavy atom. The van der Waals surface area contributed by atoms with Gasteiger partial charge in [0.2, 0.25) is 5.95 Å². The average molecular weight is 411 g/mol. The minimum absolute atomic E-state index is 0.185. The molecule has 0 unspecified atom stereocenters. The number of hydrogen-bond donors (Lipinski definition) is 2. The zero-order valence-corrected chi connectivity index (χ0v) is 17.5. The number of nitrogens with one attached hydrogen (secondary N) is 2. The number of amides is 1. The van der Waals surface area contributed by atoms with Crippen molar-refractivity contribution in [3.05, 3.63) is 57.6 Å². The summed E-state index contributed by atoms with van der Waals surface area (Å²) >= 11 is 0. The Hall–Kier alpha value is -3.62. The molecule has 0 fully saturated rings. The zero-order chi connectivity index (χ0) is 21.7. The number of carbonyl (C=O) groups is 1. The molecule has 0 radical (unpaired) electrons. The fourth-order valence-corrected chi connectivity index (χ4v) is 2.99.